The second-order valence-corrected chi connectivity index (χ2v) is 6.44. The van der Waals surface area contributed by atoms with Crippen LogP contribution in [0.15, 0.2) is 11.6 Å². The molecule has 1 N–H and O–H groups in total. The maximum atomic E-state index is 5.36. The number of nitrogens with one attached hydrogen (secondary N) is 1. The number of hydrogen-bond donors (Lipinski definition) is 1. The topological polar surface area (TPSA) is 38.6 Å². The highest BCUT2D eigenvalue weighted by atomic mass is 32.2. The molecule has 0 aromatic carbocycles. The van der Waals surface area contributed by atoms with Crippen molar-refractivity contribution in [3.8, 4) is 5.88 Å². The van der Waals surface area contributed by atoms with Crippen LogP contribution >= 0.6 is 23.1 Å². The second-order valence-electron chi connectivity index (χ2n) is 4.42. The first-order valence-electron chi connectivity index (χ1n) is 6.18. The zero-order chi connectivity index (χ0) is 12.4. The summed E-state index contributed by atoms with van der Waals surface area (Å²) in [7, 11) is 1.69. The van der Waals surface area contributed by atoms with Crippen LogP contribution in [0.2, 0.25) is 0 Å². The quantitative estimate of drug-likeness (QED) is 0.935. The van der Waals surface area contributed by atoms with E-state index in [2.05, 4.69) is 26.3 Å². The lowest BCUT2D eigenvalue weighted by atomic mass is 10.2. The van der Waals surface area contributed by atoms with E-state index < -0.39 is 0 Å². The Balaban J connectivity index is 1.74. The molecule has 0 aliphatic carbocycles. The fraction of sp³-hybridized carbons (Fsp3) is 0.583. The van der Waals surface area contributed by atoms with Crippen molar-refractivity contribution in [3.63, 3.8) is 0 Å². The number of hydrogen-bond acceptors (Lipinski definition) is 5. The molecule has 3 rings (SSSR count). The van der Waals surface area contributed by atoms with Gasteiger partial charge in [0.05, 0.1) is 7.11 Å². The fourth-order valence-corrected chi connectivity index (χ4v) is 4.11. The Bertz CT molecular complexity index is 516. The molecule has 0 radical (unpaired) electrons. The van der Waals surface area contributed by atoms with Crippen molar-refractivity contribution >= 4 is 28.1 Å². The van der Waals surface area contributed by atoms with Crippen LogP contribution in [-0.4, -0.2) is 34.0 Å². The van der Waals surface area contributed by atoms with Crippen molar-refractivity contribution in [2.45, 2.75) is 25.4 Å². The van der Waals surface area contributed by atoms with Crippen molar-refractivity contribution in [3.05, 3.63) is 17.3 Å². The minimum atomic E-state index is 0.623. The predicted octanol–water partition coefficient (Wildman–Crippen LogP) is 2.39. The molecule has 6 heteroatoms. The zero-order valence-electron chi connectivity index (χ0n) is 10.4. The molecule has 1 saturated heterocycles. The molecule has 0 bridgehead atoms. The van der Waals surface area contributed by atoms with Gasteiger partial charge in [-0.3, -0.25) is 4.40 Å². The Kier molecular flexibility index (Phi) is 3.77. The summed E-state index contributed by atoms with van der Waals surface area (Å²) in [5.41, 5.74) is 1.13. The van der Waals surface area contributed by atoms with Gasteiger partial charge in [0.1, 0.15) is 5.69 Å². The molecule has 2 aromatic heterocycles. The number of thiazole rings is 1. The van der Waals surface area contributed by atoms with E-state index in [0.717, 1.165) is 23.1 Å². The van der Waals surface area contributed by atoms with E-state index >= 15 is 0 Å². The number of imidazole rings is 1. The molecular formula is C12H17N3OS2. The molecule has 1 aliphatic heterocycles. The number of methoxy groups -OCH3 is 1. The normalized spacial score (nSPS) is 20.4. The molecule has 0 spiro atoms. The molecule has 1 fully saturated rings. The first-order valence-corrected chi connectivity index (χ1v) is 8.21. The van der Waals surface area contributed by atoms with Gasteiger partial charge in [-0.1, -0.05) is 0 Å². The van der Waals surface area contributed by atoms with Gasteiger partial charge in [-0.05, 0) is 18.6 Å². The lowest BCUT2D eigenvalue weighted by Crippen LogP contribution is -2.33. The number of fused-ring (bicyclic) bond motifs is 1. The second kappa shape index (κ2) is 5.50. The van der Waals surface area contributed by atoms with Crippen LogP contribution in [0.25, 0.3) is 4.96 Å². The Morgan fingerprint density at radius 2 is 2.56 bits per heavy atom. The number of nitrogens with zero attached hydrogens (tertiary/aromatic N) is 2. The monoisotopic (exact) mass is 283 g/mol. The first kappa shape index (κ1) is 12.3. The zero-order valence-corrected chi connectivity index (χ0v) is 12.0. The third kappa shape index (κ3) is 2.37. The van der Waals surface area contributed by atoms with Crippen molar-refractivity contribution in [2.24, 2.45) is 0 Å². The molecule has 0 amide bonds. The van der Waals surface area contributed by atoms with Gasteiger partial charge < -0.3 is 10.1 Å². The maximum Gasteiger partial charge on any atom is 0.237 e. The van der Waals surface area contributed by atoms with E-state index in [0.29, 0.717) is 6.04 Å². The highest BCUT2D eigenvalue weighted by molar-refractivity contribution is 7.99. The first-order chi connectivity index (χ1) is 8.88. The number of rotatable bonds is 4. The molecule has 1 aliphatic rings. The molecule has 4 nitrogen and oxygen atoms in total. The third-order valence-electron chi connectivity index (χ3n) is 3.24. The minimum Gasteiger partial charge on any atom is -0.480 e. The average Bonchev–Trinajstić information content (AvgIpc) is 2.98. The molecule has 3 heterocycles. The molecule has 18 heavy (non-hydrogen) atoms. The Morgan fingerprint density at radius 3 is 3.33 bits per heavy atom. The summed E-state index contributed by atoms with van der Waals surface area (Å²) in [6, 6.07) is 0.623. The largest absolute Gasteiger partial charge is 0.480 e. The molecular weight excluding hydrogens is 266 g/mol. The fourth-order valence-electron chi connectivity index (χ4n) is 2.28. The van der Waals surface area contributed by atoms with E-state index in [1.54, 1.807) is 18.4 Å². The summed E-state index contributed by atoms with van der Waals surface area (Å²) in [5.74, 6) is 3.27. The van der Waals surface area contributed by atoms with Crippen LogP contribution in [0.4, 0.5) is 0 Å². The van der Waals surface area contributed by atoms with Gasteiger partial charge in [0, 0.05) is 29.9 Å². The molecule has 2 aromatic rings. The average molecular weight is 283 g/mol. The van der Waals surface area contributed by atoms with Gasteiger partial charge in [0.25, 0.3) is 0 Å². The van der Waals surface area contributed by atoms with E-state index in [9.17, 15) is 0 Å². The summed E-state index contributed by atoms with van der Waals surface area (Å²) >= 11 is 3.68. The molecule has 98 valence electrons. The smallest absolute Gasteiger partial charge is 0.237 e. The lowest BCUT2D eigenvalue weighted by Gasteiger charge is -2.22. The summed E-state index contributed by atoms with van der Waals surface area (Å²) in [5, 5.41) is 5.68. The van der Waals surface area contributed by atoms with E-state index in [1.807, 2.05) is 11.8 Å². The molecule has 1 unspecified atom stereocenters. The number of aromatic nitrogens is 2. The third-order valence-corrected chi connectivity index (χ3v) is 5.21. The van der Waals surface area contributed by atoms with Crippen LogP contribution in [0, 0.1) is 0 Å². The van der Waals surface area contributed by atoms with Gasteiger partial charge >= 0.3 is 0 Å². The summed E-state index contributed by atoms with van der Waals surface area (Å²) in [6.07, 6.45) is 4.66. The van der Waals surface area contributed by atoms with E-state index in [4.69, 9.17) is 4.74 Å². The Hall–Kier alpha value is -0.720. The van der Waals surface area contributed by atoms with Gasteiger partial charge in [-0.25, -0.2) is 0 Å². The number of thioether (sulfide) groups is 1. The van der Waals surface area contributed by atoms with Gasteiger partial charge in [-0.2, -0.15) is 16.7 Å². The van der Waals surface area contributed by atoms with Crippen LogP contribution in [-0.2, 0) is 6.54 Å². The highest BCUT2D eigenvalue weighted by Gasteiger charge is 2.17. The van der Waals surface area contributed by atoms with Crippen LogP contribution in [0.3, 0.4) is 0 Å². The van der Waals surface area contributed by atoms with Crippen molar-refractivity contribution in [2.75, 3.05) is 18.6 Å². The summed E-state index contributed by atoms with van der Waals surface area (Å²) in [6.45, 7) is 0.826. The highest BCUT2D eigenvalue weighted by Crippen LogP contribution is 2.24. The Labute approximate surface area is 115 Å². The van der Waals surface area contributed by atoms with Crippen molar-refractivity contribution in [1.82, 2.24) is 14.7 Å². The summed E-state index contributed by atoms with van der Waals surface area (Å²) < 4.78 is 7.48. The lowest BCUT2D eigenvalue weighted by molar-refractivity contribution is 0.390. The van der Waals surface area contributed by atoms with E-state index in [1.165, 1.54) is 24.3 Å². The van der Waals surface area contributed by atoms with Crippen LogP contribution < -0.4 is 10.1 Å². The van der Waals surface area contributed by atoms with Gasteiger partial charge in [0.2, 0.25) is 5.88 Å². The Morgan fingerprint density at radius 1 is 1.61 bits per heavy atom. The van der Waals surface area contributed by atoms with Crippen LogP contribution in [0.5, 0.6) is 5.88 Å². The minimum absolute atomic E-state index is 0.623. The van der Waals surface area contributed by atoms with Crippen LogP contribution in [0.1, 0.15) is 18.5 Å². The standard InChI is InChI=1S/C12H17N3OS2/c1-16-11-10(15-4-6-18-12(15)14-11)7-13-9-3-2-5-17-8-9/h4,6,9,13H,2-3,5,7-8H2,1H3. The summed E-state index contributed by atoms with van der Waals surface area (Å²) in [4.78, 5) is 5.47. The van der Waals surface area contributed by atoms with Gasteiger partial charge in [0.15, 0.2) is 4.96 Å². The SMILES string of the molecule is COc1nc2sccn2c1CNC1CCCSC1. The number of ether oxygens (including phenoxy) is 1. The molecule has 0 saturated carbocycles. The van der Waals surface area contributed by atoms with Crippen molar-refractivity contribution < 1.29 is 4.74 Å². The van der Waals surface area contributed by atoms with Crippen molar-refractivity contribution in [1.29, 1.82) is 0 Å². The predicted molar refractivity (Wildman–Crippen MR) is 76.8 cm³/mol. The van der Waals surface area contributed by atoms with Gasteiger partial charge in [-0.15, -0.1) is 11.3 Å². The van der Waals surface area contributed by atoms with E-state index in [-0.39, 0.29) is 0 Å². The molecule has 1 atom stereocenters. The maximum absolute atomic E-state index is 5.36.